The number of benzene rings is 2. The molecule has 1 fully saturated rings. The van der Waals surface area contributed by atoms with Gasteiger partial charge in [-0.05, 0) is 44.4 Å². The Morgan fingerprint density at radius 1 is 1.11 bits per heavy atom. The highest BCUT2D eigenvalue weighted by Crippen LogP contribution is 2.27. The minimum atomic E-state index is 0.0380. The van der Waals surface area contributed by atoms with Gasteiger partial charge in [0.2, 0.25) is 11.9 Å². The van der Waals surface area contributed by atoms with Crippen molar-refractivity contribution < 1.29 is 4.79 Å². The Kier molecular flexibility index (Phi) is 5.33. The van der Waals surface area contributed by atoms with Gasteiger partial charge in [0.1, 0.15) is 0 Å². The van der Waals surface area contributed by atoms with Gasteiger partial charge in [0.25, 0.3) is 0 Å². The second-order valence-corrected chi connectivity index (χ2v) is 7.55. The average molecular weight is 377 g/mol. The number of rotatable bonds is 5. The number of carbonyl (C=O) groups excluding carboxylic acids is 1. The maximum absolute atomic E-state index is 12.7. The maximum Gasteiger partial charge on any atom is 0.223 e. The second kappa shape index (κ2) is 8.05. The van der Waals surface area contributed by atoms with Gasteiger partial charge >= 0.3 is 0 Å². The van der Waals surface area contributed by atoms with E-state index < -0.39 is 0 Å². The molecule has 0 radical (unpaired) electrons. The van der Waals surface area contributed by atoms with Gasteiger partial charge in [-0.3, -0.25) is 4.79 Å². The number of nitrogens with one attached hydrogen (secondary N) is 1. The summed E-state index contributed by atoms with van der Waals surface area (Å²) in [4.78, 5) is 19.9. The number of amides is 1. The van der Waals surface area contributed by atoms with Gasteiger partial charge in [0.15, 0.2) is 0 Å². The van der Waals surface area contributed by atoms with Crippen LogP contribution in [0.5, 0.6) is 0 Å². The molecule has 0 unspecified atom stereocenters. The molecule has 146 valence electrons. The highest BCUT2D eigenvalue weighted by molar-refractivity contribution is 5.80. The normalized spacial score (nSPS) is 16.3. The van der Waals surface area contributed by atoms with Crippen LogP contribution in [-0.2, 0) is 11.3 Å². The van der Waals surface area contributed by atoms with Gasteiger partial charge in [-0.2, -0.15) is 0 Å². The predicted octanol–water partition coefficient (Wildman–Crippen LogP) is 4.15. The van der Waals surface area contributed by atoms with Crippen LogP contribution in [0, 0.1) is 5.92 Å². The van der Waals surface area contributed by atoms with E-state index in [0.717, 1.165) is 49.5 Å². The molecule has 1 aliphatic heterocycles. The number of hydrogen-bond acceptors (Lipinski definition) is 3. The van der Waals surface area contributed by atoms with E-state index in [2.05, 4.69) is 52.0 Å². The van der Waals surface area contributed by atoms with Crippen LogP contribution in [-0.4, -0.2) is 28.5 Å². The largest absolute Gasteiger partial charge is 0.349 e. The molecule has 1 N–H and O–H groups in total. The minimum Gasteiger partial charge on any atom is -0.349 e. The van der Waals surface area contributed by atoms with Crippen LogP contribution in [0.1, 0.15) is 38.3 Å². The summed E-state index contributed by atoms with van der Waals surface area (Å²) in [6.45, 7) is 6.82. The van der Waals surface area contributed by atoms with Crippen LogP contribution in [0.4, 0.5) is 5.95 Å². The Balaban J connectivity index is 1.40. The van der Waals surface area contributed by atoms with Crippen LogP contribution in [0.3, 0.4) is 0 Å². The van der Waals surface area contributed by atoms with Gasteiger partial charge in [-0.25, -0.2) is 4.98 Å². The fourth-order valence-electron chi connectivity index (χ4n) is 4.11. The van der Waals surface area contributed by atoms with Crippen molar-refractivity contribution >= 4 is 22.9 Å². The molecular formula is C23H28N4O. The van der Waals surface area contributed by atoms with Crippen molar-refractivity contribution in [3.8, 4) is 0 Å². The first-order valence-electron chi connectivity index (χ1n) is 10.2. The summed E-state index contributed by atoms with van der Waals surface area (Å²) in [7, 11) is 0. The van der Waals surface area contributed by atoms with Gasteiger partial charge in [0, 0.05) is 25.6 Å². The average Bonchev–Trinajstić information content (AvgIpc) is 3.13. The fraction of sp³-hybridized carbons (Fsp3) is 0.391. The highest BCUT2D eigenvalue weighted by Gasteiger charge is 2.28. The molecule has 2 aromatic carbocycles. The van der Waals surface area contributed by atoms with Crippen molar-refractivity contribution in [3.63, 3.8) is 0 Å². The van der Waals surface area contributed by atoms with E-state index in [4.69, 9.17) is 4.98 Å². The number of nitrogens with zero attached hydrogens (tertiary/aromatic N) is 3. The zero-order chi connectivity index (χ0) is 19.5. The summed E-state index contributed by atoms with van der Waals surface area (Å²) in [5.41, 5.74) is 3.36. The molecule has 1 aliphatic rings. The molecule has 0 bridgehead atoms. The number of aromatic nitrogens is 2. The standard InChI is InChI=1S/C23H28N4O/c1-3-27-21-12-8-7-11-20(21)25-23(27)26-15-13-19(14-16-26)22(28)24-17(2)18-9-5-4-6-10-18/h4-12,17,19H,3,13-16H2,1-2H3,(H,24,28)/t17-/m1/s1. The highest BCUT2D eigenvalue weighted by atomic mass is 16.1. The third kappa shape index (κ3) is 3.61. The molecule has 4 rings (SSSR count). The molecule has 1 atom stereocenters. The first-order valence-corrected chi connectivity index (χ1v) is 10.2. The van der Waals surface area contributed by atoms with E-state index in [0.29, 0.717) is 0 Å². The third-order valence-corrected chi connectivity index (χ3v) is 5.76. The topological polar surface area (TPSA) is 50.2 Å². The number of aryl methyl sites for hydroxylation is 1. The lowest BCUT2D eigenvalue weighted by Gasteiger charge is -2.32. The van der Waals surface area contributed by atoms with Gasteiger partial charge in [0.05, 0.1) is 17.1 Å². The van der Waals surface area contributed by atoms with Crippen LogP contribution in [0.2, 0.25) is 0 Å². The Labute approximate surface area is 166 Å². The van der Waals surface area contributed by atoms with E-state index in [1.165, 1.54) is 5.52 Å². The molecule has 3 aromatic rings. The number of hydrogen-bond donors (Lipinski definition) is 1. The number of para-hydroxylation sites is 2. The fourth-order valence-corrected chi connectivity index (χ4v) is 4.11. The minimum absolute atomic E-state index is 0.0380. The van der Waals surface area contributed by atoms with Crippen LogP contribution in [0.15, 0.2) is 54.6 Å². The quantitative estimate of drug-likeness (QED) is 0.728. The SMILES string of the molecule is CCn1c(N2CCC(C(=O)N[C@H](C)c3ccccc3)CC2)nc2ccccc21. The van der Waals surface area contributed by atoms with Crippen molar-refractivity contribution in [3.05, 3.63) is 60.2 Å². The lowest BCUT2D eigenvalue weighted by atomic mass is 9.95. The lowest BCUT2D eigenvalue weighted by molar-refractivity contribution is -0.126. The Hall–Kier alpha value is -2.82. The number of carbonyl (C=O) groups is 1. The van der Waals surface area contributed by atoms with Gasteiger partial charge in [-0.15, -0.1) is 0 Å². The summed E-state index contributed by atoms with van der Waals surface area (Å²) in [6, 6.07) is 18.5. The zero-order valence-corrected chi connectivity index (χ0v) is 16.6. The molecule has 1 saturated heterocycles. The molecule has 0 aliphatic carbocycles. The summed E-state index contributed by atoms with van der Waals surface area (Å²) >= 11 is 0. The summed E-state index contributed by atoms with van der Waals surface area (Å²) in [6.07, 6.45) is 1.72. The summed E-state index contributed by atoms with van der Waals surface area (Å²) < 4.78 is 2.27. The van der Waals surface area contributed by atoms with E-state index in [-0.39, 0.29) is 17.9 Å². The molecule has 0 spiro atoms. The Morgan fingerprint density at radius 2 is 1.79 bits per heavy atom. The van der Waals surface area contributed by atoms with E-state index in [9.17, 15) is 4.79 Å². The number of fused-ring (bicyclic) bond motifs is 1. The molecular weight excluding hydrogens is 348 g/mol. The Morgan fingerprint density at radius 3 is 2.50 bits per heavy atom. The Bertz CT molecular complexity index is 942. The number of piperidine rings is 1. The van der Waals surface area contributed by atoms with Crippen LogP contribution in [0.25, 0.3) is 11.0 Å². The first-order chi connectivity index (χ1) is 13.7. The van der Waals surface area contributed by atoms with Crippen molar-refractivity contribution in [2.45, 2.75) is 39.3 Å². The predicted molar refractivity (Wildman–Crippen MR) is 113 cm³/mol. The molecule has 5 nitrogen and oxygen atoms in total. The number of anilines is 1. The first kappa shape index (κ1) is 18.5. The number of imidazole rings is 1. The van der Waals surface area contributed by atoms with Crippen molar-refractivity contribution in [1.82, 2.24) is 14.9 Å². The molecule has 1 aromatic heterocycles. The second-order valence-electron chi connectivity index (χ2n) is 7.55. The molecule has 0 saturated carbocycles. The van der Waals surface area contributed by atoms with Gasteiger partial charge in [-0.1, -0.05) is 42.5 Å². The van der Waals surface area contributed by atoms with Gasteiger partial charge < -0.3 is 14.8 Å². The summed E-state index contributed by atoms with van der Waals surface area (Å²) in [5.74, 6) is 1.27. The zero-order valence-electron chi connectivity index (χ0n) is 16.6. The smallest absolute Gasteiger partial charge is 0.223 e. The summed E-state index contributed by atoms with van der Waals surface area (Å²) in [5, 5.41) is 3.19. The van der Waals surface area contributed by atoms with Crippen LogP contribution >= 0.6 is 0 Å². The molecule has 1 amide bonds. The molecule has 5 heteroatoms. The van der Waals surface area contributed by atoms with E-state index >= 15 is 0 Å². The van der Waals surface area contributed by atoms with E-state index in [1.54, 1.807) is 0 Å². The van der Waals surface area contributed by atoms with E-state index in [1.807, 2.05) is 31.2 Å². The molecule has 2 heterocycles. The van der Waals surface area contributed by atoms with Crippen LogP contribution < -0.4 is 10.2 Å². The van der Waals surface area contributed by atoms with Crippen molar-refractivity contribution in [1.29, 1.82) is 0 Å². The lowest BCUT2D eigenvalue weighted by Crippen LogP contribution is -2.42. The maximum atomic E-state index is 12.7. The third-order valence-electron chi connectivity index (χ3n) is 5.76. The van der Waals surface area contributed by atoms with Crippen molar-refractivity contribution in [2.75, 3.05) is 18.0 Å². The monoisotopic (exact) mass is 376 g/mol. The molecule has 28 heavy (non-hydrogen) atoms. The van der Waals surface area contributed by atoms with Crippen molar-refractivity contribution in [2.24, 2.45) is 5.92 Å².